The molecule has 144 valence electrons. The highest BCUT2D eigenvalue weighted by Gasteiger charge is 2.31. The number of carbonyl (C=O) groups excluding carboxylic acids is 1. The second kappa shape index (κ2) is 8.21. The Morgan fingerprint density at radius 1 is 1.30 bits per heavy atom. The van der Waals surface area contributed by atoms with Gasteiger partial charge in [-0.1, -0.05) is 12.1 Å². The van der Waals surface area contributed by atoms with Crippen molar-refractivity contribution in [2.75, 3.05) is 45.9 Å². The Morgan fingerprint density at radius 2 is 2.15 bits per heavy atom. The number of benzene rings is 1. The first-order valence-corrected chi connectivity index (χ1v) is 9.60. The third-order valence-corrected chi connectivity index (χ3v) is 5.34. The number of nitrogens with zero attached hydrogens (tertiary/aromatic N) is 4. The van der Waals surface area contributed by atoms with E-state index >= 15 is 0 Å². The molecule has 0 bridgehead atoms. The van der Waals surface area contributed by atoms with E-state index in [2.05, 4.69) is 21.3 Å². The van der Waals surface area contributed by atoms with Crippen molar-refractivity contribution in [2.45, 2.75) is 12.6 Å². The molecule has 0 radical (unpaired) electrons. The van der Waals surface area contributed by atoms with Crippen LogP contribution in [0.3, 0.4) is 0 Å². The molecule has 2 aliphatic heterocycles. The minimum absolute atomic E-state index is 0.0471. The van der Waals surface area contributed by atoms with Gasteiger partial charge in [0.2, 0.25) is 0 Å². The van der Waals surface area contributed by atoms with Crippen molar-refractivity contribution >= 4 is 5.91 Å². The predicted octanol–water partition coefficient (Wildman–Crippen LogP) is 1.04. The van der Waals surface area contributed by atoms with Crippen LogP contribution in [0.15, 0.2) is 36.7 Å². The molecular weight excluding hydrogens is 342 g/mol. The monoisotopic (exact) mass is 369 g/mol. The van der Waals surface area contributed by atoms with Gasteiger partial charge in [-0.05, 0) is 17.7 Å². The second-order valence-corrected chi connectivity index (χ2v) is 7.20. The minimum atomic E-state index is -0.0471. The van der Waals surface area contributed by atoms with Crippen LogP contribution in [-0.2, 0) is 18.3 Å². The maximum Gasteiger partial charge on any atom is 0.254 e. The van der Waals surface area contributed by atoms with E-state index < -0.39 is 0 Å². The van der Waals surface area contributed by atoms with E-state index in [9.17, 15) is 4.79 Å². The lowest BCUT2D eigenvalue weighted by molar-refractivity contribution is 0.0341. The van der Waals surface area contributed by atoms with Crippen molar-refractivity contribution in [1.29, 1.82) is 0 Å². The van der Waals surface area contributed by atoms with E-state index in [1.165, 1.54) is 5.56 Å². The minimum Gasteiger partial charge on any atom is -0.379 e. The molecule has 0 saturated carbocycles. The van der Waals surface area contributed by atoms with Crippen molar-refractivity contribution in [3.05, 3.63) is 53.6 Å². The smallest absolute Gasteiger partial charge is 0.254 e. The molecule has 2 fully saturated rings. The molecule has 1 amide bonds. The summed E-state index contributed by atoms with van der Waals surface area (Å²) in [5.74, 6) is 0.994. The van der Waals surface area contributed by atoms with Crippen LogP contribution in [0.5, 0.6) is 0 Å². The van der Waals surface area contributed by atoms with Gasteiger partial charge in [-0.15, -0.1) is 0 Å². The average Bonchev–Trinajstić information content (AvgIpc) is 3.14. The molecule has 2 saturated heterocycles. The number of morpholine rings is 1. The summed E-state index contributed by atoms with van der Waals surface area (Å²) < 4.78 is 7.41. The molecule has 0 aliphatic carbocycles. The summed E-state index contributed by atoms with van der Waals surface area (Å²) in [7, 11) is 1.97. The normalized spacial score (nSPS) is 21.4. The highest BCUT2D eigenvalue weighted by Crippen LogP contribution is 2.23. The summed E-state index contributed by atoms with van der Waals surface area (Å²) in [6.07, 6.45) is 3.71. The Bertz CT molecular complexity index is 784. The van der Waals surface area contributed by atoms with Gasteiger partial charge in [0.05, 0.1) is 13.2 Å². The largest absolute Gasteiger partial charge is 0.379 e. The topological polar surface area (TPSA) is 62.6 Å². The molecule has 2 aliphatic rings. The molecule has 1 atom stereocenters. The van der Waals surface area contributed by atoms with Crippen molar-refractivity contribution in [3.63, 3.8) is 0 Å². The molecule has 1 aromatic carbocycles. The number of carbonyl (C=O) groups is 1. The van der Waals surface area contributed by atoms with Gasteiger partial charge >= 0.3 is 0 Å². The van der Waals surface area contributed by atoms with E-state index in [0.717, 1.165) is 57.3 Å². The lowest BCUT2D eigenvalue weighted by Gasteiger charge is -2.36. The van der Waals surface area contributed by atoms with Crippen molar-refractivity contribution in [2.24, 2.45) is 7.05 Å². The lowest BCUT2D eigenvalue weighted by Crippen LogP contribution is -2.49. The number of imidazole rings is 1. The standard InChI is InChI=1S/C20H27N5O2/c1-23-7-6-22-19(23)18-14-21-5-8-25(18)20(26)17-4-2-3-16(13-17)15-24-9-11-27-12-10-24/h2-4,6-7,13,18,21H,5,8-12,14-15H2,1H3. The van der Waals surface area contributed by atoms with Gasteiger partial charge in [-0.25, -0.2) is 4.98 Å². The second-order valence-electron chi connectivity index (χ2n) is 7.20. The average molecular weight is 369 g/mol. The van der Waals surface area contributed by atoms with Crippen LogP contribution in [0.1, 0.15) is 27.8 Å². The number of hydrogen-bond donors (Lipinski definition) is 1. The van der Waals surface area contributed by atoms with Gasteiger partial charge in [0.25, 0.3) is 5.91 Å². The van der Waals surface area contributed by atoms with Crippen LogP contribution < -0.4 is 5.32 Å². The van der Waals surface area contributed by atoms with E-state index in [1.54, 1.807) is 6.20 Å². The van der Waals surface area contributed by atoms with Crippen LogP contribution in [0, 0.1) is 0 Å². The maximum absolute atomic E-state index is 13.3. The first-order chi connectivity index (χ1) is 13.2. The number of amides is 1. The molecule has 1 aromatic heterocycles. The zero-order chi connectivity index (χ0) is 18.6. The maximum atomic E-state index is 13.3. The third-order valence-electron chi connectivity index (χ3n) is 5.34. The Labute approximate surface area is 159 Å². The van der Waals surface area contributed by atoms with E-state index in [1.807, 2.05) is 40.9 Å². The number of nitrogens with one attached hydrogen (secondary N) is 1. The van der Waals surface area contributed by atoms with Gasteiger partial charge in [0, 0.05) is 64.3 Å². The van der Waals surface area contributed by atoms with Crippen LogP contribution in [0.2, 0.25) is 0 Å². The SMILES string of the molecule is Cn1ccnc1C1CNCCN1C(=O)c1cccc(CN2CCOCC2)c1. The quantitative estimate of drug-likeness (QED) is 0.873. The number of aryl methyl sites for hydroxylation is 1. The number of piperazine rings is 1. The molecule has 1 unspecified atom stereocenters. The number of ether oxygens (including phenoxy) is 1. The molecule has 0 spiro atoms. The van der Waals surface area contributed by atoms with Gasteiger partial charge in [0.1, 0.15) is 11.9 Å². The summed E-state index contributed by atoms with van der Waals surface area (Å²) in [4.78, 5) is 22.1. The van der Waals surface area contributed by atoms with E-state index in [0.29, 0.717) is 6.54 Å². The van der Waals surface area contributed by atoms with Gasteiger partial charge < -0.3 is 19.5 Å². The molecule has 4 rings (SSSR count). The summed E-state index contributed by atoms with van der Waals surface area (Å²) in [6.45, 7) is 6.52. The summed E-state index contributed by atoms with van der Waals surface area (Å²) in [5.41, 5.74) is 1.92. The van der Waals surface area contributed by atoms with E-state index in [4.69, 9.17) is 4.74 Å². The highest BCUT2D eigenvalue weighted by molar-refractivity contribution is 5.94. The highest BCUT2D eigenvalue weighted by atomic mass is 16.5. The fraction of sp³-hybridized carbons (Fsp3) is 0.500. The number of aromatic nitrogens is 2. The molecule has 2 aromatic rings. The zero-order valence-electron chi connectivity index (χ0n) is 15.8. The Hall–Kier alpha value is -2.22. The molecule has 7 nitrogen and oxygen atoms in total. The van der Waals surface area contributed by atoms with Crippen LogP contribution in [-0.4, -0.2) is 71.2 Å². The van der Waals surface area contributed by atoms with Crippen LogP contribution in [0.4, 0.5) is 0 Å². The van der Waals surface area contributed by atoms with Crippen LogP contribution in [0.25, 0.3) is 0 Å². The Balaban J connectivity index is 1.52. The van der Waals surface area contributed by atoms with E-state index in [-0.39, 0.29) is 11.9 Å². The lowest BCUT2D eigenvalue weighted by atomic mass is 10.1. The molecule has 27 heavy (non-hydrogen) atoms. The van der Waals surface area contributed by atoms with Gasteiger partial charge in [-0.3, -0.25) is 9.69 Å². The number of rotatable bonds is 4. The zero-order valence-corrected chi connectivity index (χ0v) is 15.8. The predicted molar refractivity (Wildman–Crippen MR) is 102 cm³/mol. The number of hydrogen-bond acceptors (Lipinski definition) is 5. The van der Waals surface area contributed by atoms with Crippen molar-refractivity contribution in [1.82, 2.24) is 24.7 Å². The summed E-state index contributed by atoms with van der Waals surface area (Å²) >= 11 is 0. The molecule has 7 heteroatoms. The fourth-order valence-electron chi connectivity index (χ4n) is 3.86. The first kappa shape index (κ1) is 18.2. The first-order valence-electron chi connectivity index (χ1n) is 9.60. The summed E-state index contributed by atoms with van der Waals surface area (Å²) in [6, 6.07) is 7.99. The van der Waals surface area contributed by atoms with Gasteiger partial charge in [0.15, 0.2) is 0 Å². The van der Waals surface area contributed by atoms with Gasteiger partial charge in [-0.2, -0.15) is 0 Å². The third kappa shape index (κ3) is 4.05. The molecular formula is C20H27N5O2. The van der Waals surface area contributed by atoms with Crippen LogP contribution >= 0.6 is 0 Å². The van der Waals surface area contributed by atoms with Crippen molar-refractivity contribution < 1.29 is 9.53 Å². The fourth-order valence-corrected chi connectivity index (χ4v) is 3.86. The Kier molecular flexibility index (Phi) is 5.52. The molecule has 3 heterocycles. The van der Waals surface area contributed by atoms with Crippen molar-refractivity contribution in [3.8, 4) is 0 Å². The molecule has 1 N–H and O–H groups in total. The Morgan fingerprint density at radius 3 is 2.93 bits per heavy atom. The summed E-state index contributed by atoms with van der Waals surface area (Å²) in [5, 5.41) is 3.39.